The number of aryl methyl sites for hydroxylation is 1. The number of piperazine rings is 1. The van der Waals surface area contributed by atoms with Crippen molar-refractivity contribution in [3.8, 4) is 0 Å². The first-order chi connectivity index (χ1) is 17.8. The Morgan fingerprint density at radius 3 is 2.43 bits per heavy atom. The number of carbonyl (C=O) groups is 1. The van der Waals surface area contributed by atoms with Crippen molar-refractivity contribution in [2.45, 2.75) is 31.6 Å². The summed E-state index contributed by atoms with van der Waals surface area (Å²) in [6, 6.07) is 12.7. The molecule has 37 heavy (non-hydrogen) atoms. The summed E-state index contributed by atoms with van der Waals surface area (Å²) in [5, 5.41) is 4.05. The van der Waals surface area contributed by atoms with Crippen molar-refractivity contribution in [1.82, 2.24) is 19.5 Å². The molecule has 0 saturated carbocycles. The second-order valence-corrected chi connectivity index (χ2v) is 13.1. The Labute approximate surface area is 223 Å². The van der Waals surface area contributed by atoms with E-state index in [1.54, 1.807) is 39.9 Å². The van der Waals surface area contributed by atoms with Gasteiger partial charge in [-0.15, -0.1) is 0 Å². The molecule has 0 radical (unpaired) electrons. The number of nitrogens with zero attached hydrogens (tertiary/aromatic N) is 4. The van der Waals surface area contributed by atoms with Crippen LogP contribution in [0.15, 0.2) is 47.4 Å². The average Bonchev–Trinajstić information content (AvgIpc) is 3.32. The van der Waals surface area contributed by atoms with Crippen LogP contribution in [0.1, 0.15) is 35.7 Å². The highest BCUT2D eigenvalue weighted by Crippen LogP contribution is 2.30. The molecule has 2 saturated heterocycles. The molecular weight excluding hydrogens is 506 g/mol. The smallest absolute Gasteiger partial charge is 0.251 e. The zero-order valence-corrected chi connectivity index (χ0v) is 23.2. The van der Waals surface area contributed by atoms with E-state index < -0.39 is 10.0 Å². The Morgan fingerprint density at radius 2 is 1.73 bits per heavy atom. The predicted octanol–water partition coefficient (Wildman–Crippen LogP) is 3.58. The van der Waals surface area contributed by atoms with Crippen LogP contribution in [0, 0.1) is 12.8 Å². The van der Waals surface area contributed by atoms with Gasteiger partial charge in [0, 0.05) is 57.9 Å². The summed E-state index contributed by atoms with van der Waals surface area (Å²) in [6.07, 6.45) is 1.77. The van der Waals surface area contributed by atoms with Crippen LogP contribution in [-0.2, 0) is 10.0 Å². The third-order valence-corrected chi connectivity index (χ3v) is 10.4. The van der Waals surface area contributed by atoms with Gasteiger partial charge in [0.15, 0.2) is 5.13 Å². The van der Waals surface area contributed by atoms with Crippen LogP contribution in [0.3, 0.4) is 0 Å². The lowest BCUT2D eigenvalue weighted by Gasteiger charge is -2.34. The molecule has 2 aliphatic heterocycles. The summed E-state index contributed by atoms with van der Waals surface area (Å²) in [5.41, 5.74) is 2.78. The second kappa shape index (κ2) is 11.1. The van der Waals surface area contributed by atoms with Gasteiger partial charge in [-0.25, -0.2) is 13.4 Å². The highest BCUT2D eigenvalue weighted by molar-refractivity contribution is 7.89. The number of hydrogen-bond acceptors (Lipinski definition) is 7. The molecule has 2 aliphatic rings. The van der Waals surface area contributed by atoms with Crippen LogP contribution in [0.2, 0.25) is 0 Å². The average molecular weight is 542 g/mol. The molecule has 3 heterocycles. The minimum atomic E-state index is -3.51. The molecular formula is C27H35N5O3S2. The minimum absolute atomic E-state index is 0.181. The minimum Gasteiger partial charge on any atom is -0.351 e. The van der Waals surface area contributed by atoms with Crippen molar-refractivity contribution in [3.63, 3.8) is 0 Å². The number of anilines is 1. The van der Waals surface area contributed by atoms with E-state index in [4.69, 9.17) is 4.98 Å². The van der Waals surface area contributed by atoms with Crippen LogP contribution in [0.4, 0.5) is 5.13 Å². The lowest BCUT2D eigenvalue weighted by molar-refractivity contribution is 0.0947. The number of carbonyl (C=O) groups excluding carboxylic acids is 1. The molecule has 0 unspecified atom stereocenters. The Hall–Kier alpha value is -2.53. The maximum Gasteiger partial charge on any atom is 0.251 e. The Balaban J connectivity index is 1.07. The highest BCUT2D eigenvalue weighted by atomic mass is 32.2. The van der Waals surface area contributed by atoms with E-state index in [0.717, 1.165) is 56.2 Å². The number of fused-ring (bicyclic) bond motifs is 1. The molecule has 5 rings (SSSR count). The van der Waals surface area contributed by atoms with Crippen molar-refractivity contribution >= 4 is 42.6 Å². The molecule has 2 fully saturated rings. The largest absolute Gasteiger partial charge is 0.351 e. The molecule has 8 nitrogen and oxygen atoms in total. The summed E-state index contributed by atoms with van der Waals surface area (Å²) in [4.78, 5) is 22.4. The number of amides is 1. The maximum atomic E-state index is 12.9. The summed E-state index contributed by atoms with van der Waals surface area (Å²) < 4.78 is 28.6. The fraction of sp³-hybridized carbons (Fsp3) is 0.481. The Morgan fingerprint density at radius 1 is 1.03 bits per heavy atom. The van der Waals surface area contributed by atoms with Crippen LogP contribution < -0.4 is 10.2 Å². The number of benzene rings is 2. The number of nitrogens with one attached hydrogen (secondary N) is 1. The number of rotatable bonds is 7. The molecule has 0 atom stereocenters. The Kier molecular flexibility index (Phi) is 7.80. The molecule has 1 aromatic heterocycles. The van der Waals surface area contributed by atoms with Gasteiger partial charge >= 0.3 is 0 Å². The number of aromatic nitrogens is 1. The molecule has 0 bridgehead atoms. The van der Waals surface area contributed by atoms with Crippen molar-refractivity contribution in [2.24, 2.45) is 5.92 Å². The van der Waals surface area contributed by atoms with Gasteiger partial charge in [0.2, 0.25) is 10.0 Å². The molecule has 2 aromatic carbocycles. The van der Waals surface area contributed by atoms with Crippen LogP contribution >= 0.6 is 11.3 Å². The molecule has 10 heteroatoms. The van der Waals surface area contributed by atoms with Gasteiger partial charge in [0.1, 0.15) is 0 Å². The zero-order valence-electron chi connectivity index (χ0n) is 21.5. The molecule has 198 valence electrons. The first-order valence-corrected chi connectivity index (χ1v) is 15.3. The van der Waals surface area contributed by atoms with Gasteiger partial charge in [-0.3, -0.25) is 9.69 Å². The quantitative estimate of drug-likeness (QED) is 0.492. The van der Waals surface area contributed by atoms with Crippen LogP contribution in [0.25, 0.3) is 10.2 Å². The summed E-state index contributed by atoms with van der Waals surface area (Å²) in [6.45, 7) is 10.4. The van der Waals surface area contributed by atoms with E-state index in [0.29, 0.717) is 31.1 Å². The second-order valence-electron chi connectivity index (χ2n) is 10.2. The maximum absolute atomic E-state index is 12.9. The van der Waals surface area contributed by atoms with Crippen molar-refractivity contribution in [3.05, 3.63) is 53.6 Å². The summed E-state index contributed by atoms with van der Waals surface area (Å²) in [5.74, 6) is 0.378. The van der Waals surface area contributed by atoms with E-state index in [2.05, 4.69) is 47.2 Å². The van der Waals surface area contributed by atoms with Crippen molar-refractivity contribution in [1.29, 1.82) is 0 Å². The first kappa shape index (κ1) is 26.1. The van der Waals surface area contributed by atoms with Crippen LogP contribution in [0.5, 0.6) is 0 Å². The Bertz CT molecular complexity index is 1340. The molecule has 0 spiro atoms. The van der Waals surface area contributed by atoms with Gasteiger partial charge in [-0.05, 0) is 67.6 Å². The van der Waals surface area contributed by atoms with Gasteiger partial charge in [0.25, 0.3) is 5.91 Å². The number of sulfonamides is 1. The third-order valence-electron chi connectivity index (χ3n) is 7.39. The van der Waals surface area contributed by atoms with E-state index in [1.165, 1.54) is 10.3 Å². The van der Waals surface area contributed by atoms with E-state index >= 15 is 0 Å². The monoisotopic (exact) mass is 541 g/mol. The molecule has 1 amide bonds. The normalized spacial score (nSPS) is 18.4. The molecule has 0 aliphatic carbocycles. The van der Waals surface area contributed by atoms with Gasteiger partial charge in [-0.1, -0.05) is 24.3 Å². The third kappa shape index (κ3) is 5.98. The molecule has 3 aromatic rings. The number of piperidine rings is 1. The fourth-order valence-electron chi connectivity index (χ4n) is 4.90. The summed E-state index contributed by atoms with van der Waals surface area (Å²) in [7, 11) is -3.51. The SMILES string of the molecule is Cc1ccc2nc(N3CCN(CCNC(=O)c4ccc(S(=O)(=O)N5CCC(C)CC5)cc4)CC3)sc2c1. The summed E-state index contributed by atoms with van der Waals surface area (Å²) >= 11 is 1.75. The van der Waals surface area contributed by atoms with Crippen molar-refractivity contribution < 1.29 is 13.2 Å². The standard InChI is InChI=1S/C27H35N5O3S2/c1-20-9-12-32(13-10-20)37(34,35)23-6-4-22(5-7-23)26(33)28-11-14-30-15-17-31(18-16-30)27-29-24-8-3-21(2)19-25(24)36-27/h3-8,19-20H,9-18H2,1-2H3,(H,28,33). The highest BCUT2D eigenvalue weighted by Gasteiger charge is 2.28. The number of hydrogen-bond donors (Lipinski definition) is 1. The first-order valence-electron chi connectivity index (χ1n) is 13.0. The predicted molar refractivity (Wildman–Crippen MR) is 149 cm³/mol. The lowest BCUT2D eigenvalue weighted by atomic mass is 10.0. The van der Waals surface area contributed by atoms with E-state index in [9.17, 15) is 13.2 Å². The van der Waals surface area contributed by atoms with Gasteiger partial charge < -0.3 is 10.2 Å². The number of thiazole rings is 1. The van der Waals surface area contributed by atoms with Gasteiger partial charge in [-0.2, -0.15) is 4.31 Å². The van der Waals surface area contributed by atoms with Crippen molar-refractivity contribution in [2.75, 3.05) is 57.3 Å². The lowest BCUT2D eigenvalue weighted by Crippen LogP contribution is -2.48. The van der Waals surface area contributed by atoms with E-state index in [-0.39, 0.29) is 10.8 Å². The molecule has 1 N–H and O–H groups in total. The topological polar surface area (TPSA) is 85.9 Å². The fourth-order valence-corrected chi connectivity index (χ4v) is 7.49. The van der Waals surface area contributed by atoms with Crippen LogP contribution in [-0.4, -0.2) is 80.9 Å². The van der Waals surface area contributed by atoms with E-state index in [1.807, 2.05) is 0 Å². The van der Waals surface area contributed by atoms with Gasteiger partial charge in [0.05, 0.1) is 15.1 Å². The zero-order chi connectivity index (χ0) is 26.0.